The molecule has 0 aliphatic carbocycles. The number of aromatic carboxylic acids is 1. The average Bonchev–Trinajstić information content (AvgIpc) is 2.89. The summed E-state index contributed by atoms with van der Waals surface area (Å²) in [5, 5.41) is 19.7. The minimum absolute atomic E-state index is 0.0941. The molecule has 2 rings (SSSR count). The van der Waals surface area contributed by atoms with E-state index < -0.39 is 5.97 Å². The Hall–Kier alpha value is -2.41. The molecular formula is C15H18N4O2S. The third-order valence-electron chi connectivity index (χ3n) is 2.95. The van der Waals surface area contributed by atoms with Crippen LogP contribution in [0.25, 0.3) is 0 Å². The minimum atomic E-state index is -1.04. The number of benzene rings is 1. The molecule has 1 aromatic carbocycles. The smallest absolute Gasteiger partial charge is 0.341 e. The highest BCUT2D eigenvalue weighted by molar-refractivity contribution is 7.80. The zero-order chi connectivity index (χ0) is 15.9. The van der Waals surface area contributed by atoms with E-state index in [-0.39, 0.29) is 11.4 Å². The third kappa shape index (κ3) is 4.29. The lowest BCUT2D eigenvalue weighted by Gasteiger charge is -2.07. The molecule has 0 radical (unpaired) electrons. The van der Waals surface area contributed by atoms with Crippen LogP contribution in [-0.2, 0) is 6.54 Å². The van der Waals surface area contributed by atoms with Gasteiger partial charge in [0, 0.05) is 12.7 Å². The molecule has 0 unspecified atom stereocenters. The molecule has 1 aromatic heterocycles. The Morgan fingerprint density at radius 1 is 1.36 bits per heavy atom. The van der Waals surface area contributed by atoms with Crippen molar-refractivity contribution in [2.24, 2.45) is 0 Å². The lowest BCUT2D eigenvalue weighted by atomic mass is 10.2. The number of hydrogen-bond acceptors (Lipinski definition) is 3. The molecule has 0 fully saturated rings. The van der Waals surface area contributed by atoms with E-state index in [1.807, 2.05) is 37.3 Å². The number of rotatable bonds is 6. The van der Waals surface area contributed by atoms with Crippen LogP contribution in [0.4, 0.5) is 5.82 Å². The molecule has 0 atom stereocenters. The molecule has 0 saturated carbocycles. The Labute approximate surface area is 134 Å². The summed E-state index contributed by atoms with van der Waals surface area (Å²) in [4.78, 5) is 11.3. The normalized spacial score (nSPS) is 10.2. The monoisotopic (exact) mass is 318 g/mol. The van der Waals surface area contributed by atoms with E-state index in [9.17, 15) is 9.90 Å². The Kier molecular flexibility index (Phi) is 5.48. The highest BCUT2D eigenvalue weighted by atomic mass is 32.1. The molecular weight excluding hydrogens is 300 g/mol. The summed E-state index contributed by atoms with van der Waals surface area (Å²) in [6.45, 7) is 3.24. The maximum absolute atomic E-state index is 11.3. The third-order valence-corrected chi connectivity index (χ3v) is 3.19. The Morgan fingerprint density at radius 3 is 2.73 bits per heavy atom. The maximum atomic E-state index is 11.3. The van der Waals surface area contributed by atoms with E-state index in [4.69, 9.17) is 12.2 Å². The van der Waals surface area contributed by atoms with Crippen LogP contribution in [0, 0.1) is 0 Å². The number of carboxylic acid groups (broad SMARTS) is 1. The van der Waals surface area contributed by atoms with Crippen molar-refractivity contribution >= 4 is 29.1 Å². The van der Waals surface area contributed by atoms with Gasteiger partial charge >= 0.3 is 5.97 Å². The molecule has 0 spiro atoms. The second-order valence-electron chi connectivity index (χ2n) is 4.76. The van der Waals surface area contributed by atoms with Gasteiger partial charge in [-0.3, -0.25) is 4.68 Å². The molecule has 3 N–H and O–H groups in total. The SMILES string of the molecule is CCCNC(=S)Nc1nn(Cc2ccccc2)cc1C(=O)O. The van der Waals surface area contributed by atoms with Crippen molar-refractivity contribution in [1.82, 2.24) is 15.1 Å². The highest BCUT2D eigenvalue weighted by Gasteiger charge is 2.16. The second kappa shape index (κ2) is 7.56. The van der Waals surface area contributed by atoms with Crippen LogP contribution in [-0.4, -0.2) is 32.5 Å². The molecule has 0 aliphatic rings. The molecule has 0 aliphatic heterocycles. The molecule has 0 saturated heterocycles. The van der Waals surface area contributed by atoms with Crippen LogP contribution in [0.15, 0.2) is 36.5 Å². The van der Waals surface area contributed by atoms with Crippen LogP contribution >= 0.6 is 12.2 Å². The summed E-state index contributed by atoms with van der Waals surface area (Å²) in [7, 11) is 0. The number of carbonyl (C=O) groups is 1. The van der Waals surface area contributed by atoms with Crippen LogP contribution in [0.3, 0.4) is 0 Å². The van der Waals surface area contributed by atoms with Gasteiger partial charge in [0.2, 0.25) is 0 Å². The molecule has 22 heavy (non-hydrogen) atoms. The summed E-state index contributed by atoms with van der Waals surface area (Å²) in [6.07, 6.45) is 2.43. The quantitative estimate of drug-likeness (QED) is 0.710. The Morgan fingerprint density at radius 2 is 2.09 bits per heavy atom. The van der Waals surface area contributed by atoms with Crippen LogP contribution < -0.4 is 10.6 Å². The van der Waals surface area contributed by atoms with E-state index >= 15 is 0 Å². The van der Waals surface area contributed by atoms with E-state index in [2.05, 4.69) is 15.7 Å². The van der Waals surface area contributed by atoms with Gasteiger partial charge in [-0.25, -0.2) is 4.79 Å². The van der Waals surface area contributed by atoms with Crippen molar-refractivity contribution in [3.8, 4) is 0 Å². The van der Waals surface area contributed by atoms with Gasteiger partial charge in [-0.05, 0) is 24.2 Å². The van der Waals surface area contributed by atoms with Gasteiger partial charge in [0.15, 0.2) is 10.9 Å². The van der Waals surface area contributed by atoms with Gasteiger partial charge in [0.1, 0.15) is 5.56 Å². The lowest BCUT2D eigenvalue weighted by Crippen LogP contribution is -2.29. The van der Waals surface area contributed by atoms with Crippen molar-refractivity contribution in [2.75, 3.05) is 11.9 Å². The predicted octanol–water partition coefficient (Wildman–Crippen LogP) is 2.33. The number of anilines is 1. The molecule has 0 bridgehead atoms. The minimum Gasteiger partial charge on any atom is -0.477 e. The number of thiocarbonyl (C=S) groups is 1. The lowest BCUT2D eigenvalue weighted by molar-refractivity contribution is 0.0698. The molecule has 0 amide bonds. The fourth-order valence-electron chi connectivity index (χ4n) is 1.91. The first-order valence-electron chi connectivity index (χ1n) is 6.99. The van der Waals surface area contributed by atoms with Gasteiger partial charge < -0.3 is 15.7 Å². The predicted molar refractivity (Wildman–Crippen MR) is 89.2 cm³/mol. The Bertz CT molecular complexity index is 655. The molecule has 7 heteroatoms. The van der Waals surface area contributed by atoms with E-state index in [0.29, 0.717) is 11.7 Å². The number of hydrogen-bond donors (Lipinski definition) is 3. The largest absolute Gasteiger partial charge is 0.477 e. The van der Waals surface area contributed by atoms with Gasteiger partial charge in [-0.15, -0.1) is 0 Å². The van der Waals surface area contributed by atoms with Gasteiger partial charge in [-0.1, -0.05) is 37.3 Å². The van der Waals surface area contributed by atoms with Crippen molar-refractivity contribution in [2.45, 2.75) is 19.9 Å². The number of carboxylic acids is 1. The Balaban J connectivity index is 2.15. The molecule has 2 aromatic rings. The maximum Gasteiger partial charge on any atom is 0.341 e. The van der Waals surface area contributed by atoms with E-state index in [0.717, 1.165) is 18.5 Å². The van der Waals surface area contributed by atoms with Crippen molar-refractivity contribution < 1.29 is 9.90 Å². The van der Waals surface area contributed by atoms with Crippen LogP contribution in [0.2, 0.25) is 0 Å². The van der Waals surface area contributed by atoms with Crippen molar-refractivity contribution in [3.05, 3.63) is 47.7 Å². The summed E-state index contributed by atoms with van der Waals surface area (Å²) in [6, 6.07) is 9.71. The zero-order valence-electron chi connectivity index (χ0n) is 12.2. The van der Waals surface area contributed by atoms with Crippen LogP contribution in [0.5, 0.6) is 0 Å². The van der Waals surface area contributed by atoms with Crippen molar-refractivity contribution in [1.29, 1.82) is 0 Å². The molecule has 6 nitrogen and oxygen atoms in total. The molecule has 116 valence electrons. The van der Waals surface area contributed by atoms with Gasteiger partial charge in [-0.2, -0.15) is 5.10 Å². The number of nitrogens with zero attached hydrogens (tertiary/aromatic N) is 2. The molecule has 1 heterocycles. The van der Waals surface area contributed by atoms with Crippen LogP contribution in [0.1, 0.15) is 29.3 Å². The summed E-state index contributed by atoms with van der Waals surface area (Å²) < 4.78 is 1.59. The first-order chi connectivity index (χ1) is 10.6. The fourth-order valence-corrected chi connectivity index (χ4v) is 2.11. The zero-order valence-corrected chi connectivity index (χ0v) is 13.1. The van der Waals surface area contributed by atoms with E-state index in [1.54, 1.807) is 4.68 Å². The summed E-state index contributed by atoms with van der Waals surface area (Å²) in [5.74, 6) is -0.794. The summed E-state index contributed by atoms with van der Waals surface area (Å²) >= 11 is 5.12. The van der Waals surface area contributed by atoms with Crippen molar-refractivity contribution in [3.63, 3.8) is 0 Å². The average molecular weight is 318 g/mol. The fraction of sp³-hybridized carbons (Fsp3) is 0.267. The number of aromatic nitrogens is 2. The first kappa shape index (κ1) is 16.0. The standard InChI is InChI=1S/C15H18N4O2S/c1-2-8-16-15(22)17-13-12(14(20)21)10-19(18-13)9-11-6-4-3-5-7-11/h3-7,10H,2,8-9H2,1H3,(H,20,21)(H2,16,17,18,22). The van der Waals surface area contributed by atoms with Gasteiger partial charge in [0.05, 0.1) is 6.54 Å². The second-order valence-corrected chi connectivity index (χ2v) is 5.17. The summed E-state index contributed by atoms with van der Waals surface area (Å²) in [5.41, 5.74) is 1.14. The topological polar surface area (TPSA) is 79.2 Å². The first-order valence-corrected chi connectivity index (χ1v) is 7.40. The highest BCUT2D eigenvalue weighted by Crippen LogP contribution is 2.14. The number of nitrogens with one attached hydrogen (secondary N) is 2. The van der Waals surface area contributed by atoms with E-state index in [1.165, 1.54) is 6.20 Å². The van der Waals surface area contributed by atoms with Gasteiger partial charge in [0.25, 0.3) is 0 Å².